The van der Waals surface area contributed by atoms with E-state index in [1.807, 2.05) is 4.90 Å². The minimum atomic E-state index is -0.245. The van der Waals surface area contributed by atoms with Crippen LogP contribution in [0.15, 0.2) is 4.99 Å². The third kappa shape index (κ3) is 1.71. The van der Waals surface area contributed by atoms with Crippen LogP contribution in [0.5, 0.6) is 0 Å². The van der Waals surface area contributed by atoms with E-state index in [0.29, 0.717) is 17.8 Å². The zero-order chi connectivity index (χ0) is 13.0. The molecule has 104 valence electrons. The highest BCUT2D eigenvalue weighted by molar-refractivity contribution is 6.06. The summed E-state index contributed by atoms with van der Waals surface area (Å²) < 4.78 is 0. The maximum absolute atomic E-state index is 12.2. The highest BCUT2D eigenvalue weighted by Gasteiger charge is 2.53. The third-order valence-electron chi connectivity index (χ3n) is 5.46. The summed E-state index contributed by atoms with van der Waals surface area (Å²) in [6, 6.07) is 0.519. The van der Waals surface area contributed by atoms with Crippen molar-refractivity contribution in [2.45, 2.75) is 50.1 Å². The van der Waals surface area contributed by atoms with Gasteiger partial charge in [-0.05, 0) is 51.0 Å². The van der Waals surface area contributed by atoms with E-state index in [9.17, 15) is 4.79 Å². The van der Waals surface area contributed by atoms with E-state index in [2.05, 4.69) is 9.89 Å². The topological polar surface area (TPSA) is 61.9 Å². The van der Waals surface area contributed by atoms with Crippen molar-refractivity contribution >= 4 is 11.9 Å². The summed E-state index contributed by atoms with van der Waals surface area (Å²) in [7, 11) is 0. The average Bonchev–Trinajstić information content (AvgIpc) is 3.05. The molecule has 2 saturated heterocycles. The summed E-state index contributed by atoms with van der Waals surface area (Å²) in [5, 5.41) is 0. The number of amidine groups is 1. The molecule has 4 rings (SSSR count). The molecule has 0 bridgehead atoms. The van der Waals surface area contributed by atoms with Crippen LogP contribution < -0.4 is 5.73 Å². The Kier molecular flexibility index (Phi) is 2.43. The van der Waals surface area contributed by atoms with E-state index in [4.69, 9.17) is 5.73 Å². The summed E-state index contributed by atoms with van der Waals surface area (Å²) in [6.07, 6.45) is 7.03. The Morgan fingerprint density at radius 2 is 2.16 bits per heavy atom. The largest absolute Gasteiger partial charge is 0.385 e. The van der Waals surface area contributed by atoms with Crippen LogP contribution in [-0.4, -0.2) is 52.9 Å². The van der Waals surface area contributed by atoms with Crippen molar-refractivity contribution in [3.63, 3.8) is 0 Å². The fourth-order valence-electron chi connectivity index (χ4n) is 4.12. The zero-order valence-corrected chi connectivity index (χ0v) is 11.3. The lowest BCUT2D eigenvalue weighted by Gasteiger charge is -2.46. The fourth-order valence-corrected chi connectivity index (χ4v) is 4.12. The van der Waals surface area contributed by atoms with E-state index in [1.54, 1.807) is 0 Å². The van der Waals surface area contributed by atoms with Crippen molar-refractivity contribution in [3.05, 3.63) is 0 Å². The first kappa shape index (κ1) is 11.7. The van der Waals surface area contributed by atoms with E-state index in [-0.39, 0.29) is 11.6 Å². The van der Waals surface area contributed by atoms with Gasteiger partial charge in [0.25, 0.3) is 0 Å². The number of hydrogen-bond donors (Lipinski definition) is 1. The average molecular weight is 262 g/mol. The Labute approximate surface area is 113 Å². The first-order chi connectivity index (χ1) is 9.19. The van der Waals surface area contributed by atoms with Crippen molar-refractivity contribution in [3.8, 4) is 0 Å². The predicted molar refractivity (Wildman–Crippen MR) is 73.0 cm³/mol. The number of carbonyl (C=O) groups excluding carboxylic acids is 1. The first-order valence-electron chi connectivity index (χ1n) is 7.59. The second-order valence-electron chi connectivity index (χ2n) is 6.65. The number of rotatable bonds is 2. The van der Waals surface area contributed by atoms with Gasteiger partial charge in [0.15, 0.2) is 0 Å². The van der Waals surface area contributed by atoms with Gasteiger partial charge < -0.3 is 15.5 Å². The van der Waals surface area contributed by atoms with Crippen LogP contribution in [0.25, 0.3) is 0 Å². The second-order valence-corrected chi connectivity index (χ2v) is 6.65. The molecule has 0 aromatic carbocycles. The molecule has 5 nitrogen and oxygen atoms in total. The molecule has 1 aliphatic carbocycles. The van der Waals surface area contributed by atoms with Gasteiger partial charge in [0.2, 0.25) is 0 Å². The summed E-state index contributed by atoms with van der Waals surface area (Å²) in [6.45, 7) is 3.15. The molecule has 3 aliphatic heterocycles. The van der Waals surface area contributed by atoms with Crippen molar-refractivity contribution in [1.29, 1.82) is 0 Å². The molecule has 1 spiro atoms. The minimum Gasteiger partial charge on any atom is -0.385 e. The molecule has 5 heteroatoms. The summed E-state index contributed by atoms with van der Waals surface area (Å²) in [4.78, 5) is 20.8. The number of amides is 2. The molecular formula is C14H22N4O. The summed E-state index contributed by atoms with van der Waals surface area (Å²) in [5.74, 6) is 1.29. The normalized spacial score (nSPS) is 38.9. The summed E-state index contributed by atoms with van der Waals surface area (Å²) in [5.41, 5.74) is 5.93. The van der Waals surface area contributed by atoms with Gasteiger partial charge in [-0.15, -0.1) is 0 Å². The number of nitrogens with two attached hydrogens (primary N) is 1. The predicted octanol–water partition coefficient (Wildman–Crippen LogP) is 1.19. The summed E-state index contributed by atoms with van der Waals surface area (Å²) >= 11 is 0. The Hall–Kier alpha value is -1.10. The van der Waals surface area contributed by atoms with Gasteiger partial charge in [-0.25, -0.2) is 4.79 Å². The Bertz CT molecular complexity index is 445. The molecule has 3 fully saturated rings. The molecule has 1 saturated carbocycles. The minimum absolute atomic E-state index is 0.0872. The molecule has 0 radical (unpaired) electrons. The first-order valence-corrected chi connectivity index (χ1v) is 7.59. The van der Waals surface area contributed by atoms with Crippen LogP contribution in [0, 0.1) is 5.92 Å². The molecule has 0 aromatic rings. The Morgan fingerprint density at radius 3 is 2.95 bits per heavy atom. The Balaban J connectivity index is 1.62. The molecule has 19 heavy (non-hydrogen) atoms. The lowest BCUT2D eigenvalue weighted by molar-refractivity contribution is 0.0780. The number of fused-ring (bicyclic) bond motifs is 1. The van der Waals surface area contributed by atoms with Crippen LogP contribution in [0.4, 0.5) is 4.79 Å². The van der Waals surface area contributed by atoms with Gasteiger partial charge in [-0.1, -0.05) is 0 Å². The van der Waals surface area contributed by atoms with Gasteiger partial charge in [0.1, 0.15) is 11.4 Å². The number of hydrogen-bond acceptors (Lipinski definition) is 3. The maximum Gasteiger partial charge on any atom is 0.346 e. The van der Waals surface area contributed by atoms with Crippen LogP contribution in [0.2, 0.25) is 0 Å². The monoisotopic (exact) mass is 262 g/mol. The lowest BCUT2D eigenvalue weighted by Crippen LogP contribution is -2.61. The smallest absolute Gasteiger partial charge is 0.346 e. The van der Waals surface area contributed by atoms with Gasteiger partial charge in [0, 0.05) is 19.1 Å². The molecule has 2 amide bonds. The lowest BCUT2D eigenvalue weighted by atomic mass is 9.81. The number of nitrogens with zero attached hydrogens (tertiary/aromatic N) is 3. The van der Waals surface area contributed by atoms with E-state index in [0.717, 1.165) is 25.9 Å². The number of piperidine rings is 1. The second kappa shape index (κ2) is 3.95. The van der Waals surface area contributed by atoms with Gasteiger partial charge in [0.05, 0.1) is 0 Å². The molecular weight excluding hydrogens is 240 g/mol. The van der Waals surface area contributed by atoms with Crippen molar-refractivity contribution in [1.82, 2.24) is 9.80 Å². The van der Waals surface area contributed by atoms with Crippen LogP contribution in [-0.2, 0) is 0 Å². The molecule has 0 aromatic heterocycles. The third-order valence-corrected chi connectivity index (χ3v) is 5.46. The van der Waals surface area contributed by atoms with E-state index >= 15 is 0 Å². The van der Waals surface area contributed by atoms with Gasteiger partial charge >= 0.3 is 6.03 Å². The van der Waals surface area contributed by atoms with Crippen LogP contribution in [0.3, 0.4) is 0 Å². The van der Waals surface area contributed by atoms with Gasteiger partial charge in [-0.3, -0.25) is 0 Å². The molecule has 2 unspecified atom stereocenters. The van der Waals surface area contributed by atoms with Gasteiger partial charge in [-0.2, -0.15) is 4.99 Å². The maximum atomic E-state index is 12.2. The van der Waals surface area contributed by atoms with E-state index < -0.39 is 0 Å². The van der Waals surface area contributed by atoms with Crippen LogP contribution >= 0.6 is 0 Å². The van der Waals surface area contributed by atoms with Crippen LogP contribution in [0.1, 0.15) is 38.5 Å². The highest BCUT2D eigenvalue weighted by atomic mass is 16.2. The number of urea groups is 1. The molecule has 3 heterocycles. The standard InChI is InChI=1S/C14H22N4O/c15-12-14(5-7-17-6-1-2-11(17)8-14)18(13(19)16-12)9-10-3-4-10/h10-11H,1-9H2,(H2,15,16,19). The zero-order valence-electron chi connectivity index (χ0n) is 11.3. The van der Waals surface area contributed by atoms with Crippen molar-refractivity contribution < 1.29 is 4.79 Å². The highest BCUT2D eigenvalue weighted by Crippen LogP contribution is 2.42. The van der Waals surface area contributed by atoms with E-state index in [1.165, 1.54) is 32.2 Å². The van der Waals surface area contributed by atoms with Crippen molar-refractivity contribution in [2.24, 2.45) is 16.6 Å². The Morgan fingerprint density at radius 1 is 1.32 bits per heavy atom. The van der Waals surface area contributed by atoms with Crippen molar-refractivity contribution in [2.75, 3.05) is 19.6 Å². The quantitative estimate of drug-likeness (QED) is 0.813. The number of carbonyl (C=O) groups is 1. The molecule has 2 atom stereocenters. The molecule has 2 N–H and O–H groups in total. The fraction of sp³-hybridized carbons (Fsp3) is 0.857. The number of aliphatic imine (C=N–C) groups is 1. The SMILES string of the molecule is NC1=NC(=O)N(CC2CC2)C12CCN1CCCC1C2. The molecule has 4 aliphatic rings.